The topological polar surface area (TPSA) is 67.8 Å². The van der Waals surface area contributed by atoms with Crippen LogP contribution in [0, 0.1) is 31.4 Å². The van der Waals surface area contributed by atoms with Gasteiger partial charge in [-0.1, -0.05) is 12.1 Å². The molecule has 2 heterocycles. The van der Waals surface area contributed by atoms with Crippen LogP contribution >= 0.6 is 0 Å². The van der Waals surface area contributed by atoms with Crippen LogP contribution in [-0.2, 0) is 16.6 Å². The minimum Gasteiger partial charge on any atom is -0.310 e. The zero-order valence-electron chi connectivity index (χ0n) is 16.8. The Morgan fingerprint density at radius 2 is 2.00 bits per heavy atom. The maximum absolute atomic E-state index is 14.0. The molecule has 0 bridgehead atoms. The van der Waals surface area contributed by atoms with Crippen LogP contribution in [0.5, 0.6) is 0 Å². The number of aryl methyl sites for hydroxylation is 3. The Hall–Kier alpha value is -3.22. The molecule has 1 aliphatic carbocycles. The third-order valence-corrected chi connectivity index (χ3v) is 5.84. The number of pyridine rings is 1. The third kappa shape index (κ3) is 3.92. The molecule has 154 valence electrons. The summed E-state index contributed by atoms with van der Waals surface area (Å²) in [5, 5.41) is 2.83. The van der Waals surface area contributed by atoms with Crippen molar-refractivity contribution in [3.05, 3.63) is 83.1 Å². The summed E-state index contributed by atoms with van der Waals surface area (Å²) in [5.41, 5.74) is 1.94. The molecular formula is C23H22F2N4O. The molecule has 0 radical (unpaired) electrons. The van der Waals surface area contributed by atoms with Gasteiger partial charge in [0.1, 0.15) is 11.6 Å². The molecule has 2 aromatic heterocycles. The first-order valence-corrected chi connectivity index (χ1v) is 9.85. The molecule has 1 amide bonds. The Morgan fingerprint density at radius 1 is 1.17 bits per heavy atom. The van der Waals surface area contributed by atoms with Crippen LogP contribution in [-0.4, -0.2) is 20.9 Å². The van der Waals surface area contributed by atoms with Crippen LogP contribution in [0.15, 0.2) is 48.8 Å². The van der Waals surface area contributed by atoms with E-state index < -0.39 is 17.0 Å². The van der Waals surface area contributed by atoms with E-state index in [0.29, 0.717) is 36.5 Å². The predicted octanol–water partition coefficient (Wildman–Crippen LogP) is 4.30. The molecule has 30 heavy (non-hydrogen) atoms. The Morgan fingerprint density at radius 3 is 2.70 bits per heavy atom. The first kappa shape index (κ1) is 20.1. The molecule has 3 aromatic rings. The molecule has 1 aliphatic rings. The molecule has 1 aromatic carbocycles. The van der Waals surface area contributed by atoms with Gasteiger partial charge in [0.15, 0.2) is 11.6 Å². The van der Waals surface area contributed by atoms with E-state index >= 15 is 0 Å². The molecular weight excluding hydrogens is 386 g/mol. The van der Waals surface area contributed by atoms with Gasteiger partial charge in [-0.25, -0.2) is 23.7 Å². The van der Waals surface area contributed by atoms with Gasteiger partial charge in [-0.2, -0.15) is 0 Å². The van der Waals surface area contributed by atoms with E-state index in [-0.39, 0.29) is 11.8 Å². The summed E-state index contributed by atoms with van der Waals surface area (Å²) in [6.07, 6.45) is 5.19. The minimum absolute atomic E-state index is 0.171. The van der Waals surface area contributed by atoms with E-state index in [1.165, 1.54) is 6.07 Å². The molecule has 1 N–H and O–H groups in total. The van der Waals surface area contributed by atoms with Crippen molar-refractivity contribution in [3.8, 4) is 0 Å². The van der Waals surface area contributed by atoms with Crippen molar-refractivity contribution < 1.29 is 13.6 Å². The summed E-state index contributed by atoms with van der Waals surface area (Å²) in [5.74, 6) is -1.15. The number of benzene rings is 1. The molecule has 2 atom stereocenters. The van der Waals surface area contributed by atoms with Crippen molar-refractivity contribution in [2.45, 2.75) is 38.5 Å². The lowest BCUT2D eigenvalue weighted by molar-refractivity contribution is -0.117. The molecule has 1 fully saturated rings. The van der Waals surface area contributed by atoms with E-state index in [0.717, 1.165) is 17.3 Å². The second-order valence-corrected chi connectivity index (χ2v) is 7.77. The number of hydrogen-bond acceptors (Lipinski definition) is 4. The maximum Gasteiger partial charge on any atom is 0.229 e. The molecule has 7 heteroatoms. The van der Waals surface area contributed by atoms with Crippen molar-refractivity contribution >= 4 is 11.7 Å². The van der Waals surface area contributed by atoms with Crippen LogP contribution in [0.3, 0.4) is 0 Å². The average Bonchev–Trinajstić information content (AvgIpc) is 3.46. The van der Waals surface area contributed by atoms with E-state index in [1.807, 2.05) is 13.8 Å². The Labute approximate surface area is 173 Å². The first-order chi connectivity index (χ1) is 14.4. The number of amides is 1. The number of halogens is 2. The summed E-state index contributed by atoms with van der Waals surface area (Å²) >= 11 is 0. The van der Waals surface area contributed by atoms with E-state index in [9.17, 15) is 13.6 Å². The Kier molecular flexibility index (Phi) is 5.28. The van der Waals surface area contributed by atoms with Gasteiger partial charge in [-0.05, 0) is 68.5 Å². The fraction of sp³-hybridized carbons (Fsp3) is 0.304. The largest absolute Gasteiger partial charge is 0.310 e. The summed E-state index contributed by atoms with van der Waals surface area (Å²) in [6, 6.07) is 9.18. The van der Waals surface area contributed by atoms with Crippen LogP contribution in [0.2, 0.25) is 0 Å². The highest BCUT2D eigenvalue weighted by atomic mass is 19.2. The van der Waals surface area contributed by atoms with E-state index in [1.54, 1.807) is 36.7 Å². The predicted molar refractivity (Wildman–Crippen MR) is 109 cm³/mol. The standard InChI is InChI=1S/C23H22F2N4O/c1-14-16(13-27-15(2)28-14)8-9-23(17-6-7-19(24)20(25)11-17)12-18(23)22(30)29-21-5-3-4-10-26-21/h3-7,10-11,13,18H,8-9,12H2,1-2H3,(H,26,29,30)/t18?,23-/m0/s1. The SMILES string of the molecule is Cc1ncc(CC[C@@]2(c3ccc(F)c(F)c3)CC2C(=O)Nc2ccccn2)c(C)n1. The van der Waals surface area contributed by atoms with Crippen LogP contribution in [0.1, 0.15) is 35.5 Å². The number of carbonyl (C=O) groups excluding carboxylic acids is 1. The van der Waals surface area contributed by atoms with Gasteiger partial charge < -0.3 is 5.32 Å². The normalized spacial score (nSPS) is 20.1. The van der Waals surface area contributed by atoms with Crippen molar-refractivity contribution in [1.82, 2.24) is 15.0 Å². The minimum atomic E-state index is -0.905. The van der Waals surface area contributed by atoms with Crippen molar-refractivity contribution in [1.29, 1.82) is 0 Å². The number of aromatic nitrogens is 3. The number of rotatable bonds is 6. The first-order valence-electron chi connectivity index (χ1n) is 9.85. The van der Waals surface area contributed by atoms with Crippen LogP contribution in [0.25, 0.3) is 0 Å². The molecule has 1 saturated carbocycles. The lowest BCUT2D eigenvalue weighted by Crippen LogP contribution is -2.22. The van der Waals surface area contributed by atoms with Crippen molar-refractivity contribution in [3.63, 3.8) is 0 Å². The molecule has 1 unspecified atom stereocenters. The molecule has 5 nitrogen and oxygen atoms in total. The lowest BCUT2D eigenvalue weighted by Gasteiger charge is -2.19. The second-order valence-electron chi connectivity index (χ2n) is 7.77. The summed E-state index contributed by atoms with van der Waals surface area (Å²) in [6.45, 7) is 3.75. The number of carbonyl (C=O) groups is 1. The zero-order valence-corrected chi connectivity index (χ0v) is 16.8. The fourth-order valence-corrected chi connectivity index (χ4v) is 4.06. The number of hydrogen-bond donors (Lipinski definition) is 1. The smallest absolute Gasteiger partial charge is 0.229 e. The fourth-order valence-electron chi connectivity index (χ4n) is 4.06. The Bertz CT molecular complexity index is 1090. The number of nitrogens with one attached hydrogen (secondary N) is 1. The van der Waals surface area contributed by atoms with E-state index in [4.69, 9.17) is 0 Å². The van der Waals surface area contributed by atoms with Gasteiger partial charge in [0, 0.05) is 29.4 Å². The van der Waals surface area contributed by atoms with Crippen LogP contribution in [0.4, 0.5) is 14.6 Å². The monoisotopic (exact) mass is 408 g/mol. The lowest BCUT2D eigenvalue weighted by atomic mass is 9.86. The quantitative estimate of drug-likeness (QED) is 0.661. The second kappa shape index (κ2) is 7.89. The van der Waals surface area contributed by atoms with E-state index in [2.05, 4.69) is 20.3 Å². The summed E-state index contributed by atoms with van der Waals surface area (Å²) in [4.78, 5) is 25.7. The van der Waals surface area contributed by atoms with Gasteiger partial charge in [0.05, 0.1) is 0 Å². The van der Waals surface area contributed by atoms with Gasteiger partial charge in [-0.3, -0.25) is 4.79 Å². The highest BCUT2D eigenvalue weighted by Crippen LogP contribution is 2.58. The summed E-state index contributed by atoms with van der Waals surface area (Å²) in [7, 11) is 0. The van der Waals surface area contributed by atoms with Crippen molar-refractivity contribution in [2.24, 2.45) is 5.92 Å². The van der Waals surface area contributed by atoms with Crippen molar-refractivity contribution in [2.75, 3.05) is 5.32 Å². The van der Waals surface area contributed by atoms with Gasteiger partial charge in [0.25, 0.3) is 0 Å². The number of anilines is 1. The maximum atomic E-state index is 14.0. The zero-order chi connectivity index (χ0) is 21.3. The highest BCUT2D eigenvalue weighted by Gasteiger charge is 2.58. The number of nitrogens with zero attached hydrogens (tertiary/aromatic N) is 3. The molecule has 0 spiro atoms. The van der Waals surface area contributed by atoms with Crippen LogP contribution < -0.4 is 5.32 Å². The summed E-state index contributed by atoms with van der Waals surface area (Å²) < 4.78 is 27.5. The molecule has 0 aliphatic heterocycles. The average molecular weight is 408 g/mol. The van der Waals surface area contributed by atoms with Gasteiger partial charge in [0.2, 0.25) is 5.91 Å². The van der Waals surface area contributed by atoms with Gasteiger partial charge >= 0.3 is 0 Å². The molecule has 0 saturated heterocycles. The third-order valence-electron chi connectivity index (χ3n) is 5.84. The molecule has 4 rings (SSSR count). The van der Waals surface area contributed by atoms with Gasteiger partial charge in [-0.15, -0.1) is 0 Å². The Balaban J connectivity index is 1.59. The highest BCUT2D eigenvalue weighted by molar-refractivity contribution is 5.95.